The molecule has 112 valence electrons. The molecule has 0 radical (unpaired) electrons. The first-order valence-corrected chi connectivity index (χ1v) is 6.83. The number of halogens is 2. The van der Waals surface area contributed by atoms with Gasteiger partial charge in [-0.1, -0.05) is 11.6 Å². The first-order chi connectivity index (χ1) is 9.45. The van der Waals surface area contributed by atoms with Crippen molar-refractivity contribution in [1.29, 1.82) is 0 Å². The Morgan fingerprint density at radius 2 is 2.20 bits per heavy atom. The Kier molecular flexibility index (Phi) is 6.91. The lowest BCUT2D eigenvalue weighted by atomic mass is 10.1. The van der Waals surface area contributed by atoms with Crippen LogP contribution < -0.4 is 5.32 Å². The van der Waals surface area contributed by atoms with Crippen molar-refractivity contribution >= 4 is 17.6 Å². The summed E-state index contributed by atoms with van der Waals surface area (Å²) in [6.07, 6.45) is 0. The van der Waals surface area contributed by atoms with E-state index in [9.17, 15) is 9.18 Å². The van der Waals surface area contributed by atoms with E-state index in [2.05, 4.69) is 5.32 Å². The number of hydrogen-bond donors (Lipinski definition) is 1. The Morgan fingerprint density at radius 3 is 2.80 bits per heavy atom. The number of hydrogen-bond acceptors (Lipinski definition) is 4. The lowest BCUT2D eigenvalue weighted by molar-refractivity contribution is -0.146. The van der Waals surface area contributed by atoms with E-state index in [0.717, 1.165) is 6.54 Å². The van der Waals surface area contributed by atoms with Crippen LogP contribution in [0.25, 0.3) is 0 Å². The first-order valence-electron chi connectivity index (χ1n) is 6.45. The first kappa shape index (κ1) is 16.9. The summed E-state index contributed by atoms with van der Waals surface area (Å²) in [5.74, 6) is -0.989. The van der Waals surface area contributed by atoms with Crippen LogP contribution in [0.15, 0.2) is 18.2 Å². The van der Waals surface area contributed by atoms with E-state index < -0.39 is 17.8 Å². The molecule has 1 aromatic rings. The van der Waals surface area contributed by atoms with E-state index in [0.29, 0.717) is 11.6 Å². The second-order valence-corrected chi connectivity index (χ2v) is 5.04. The SMILES string of the molecule is CCOC(=O)C(NCCN(C)C)c1cc(Cl)ccc1F. The third-order valence-corrected chi connectivity index (χ3v) is 2.93. The Hall–Kier alpha value is -1.17. The van der Waals surface area contributed by atoms with E-state index in [1.807, 2.05) is 19.0 Å². The fourth-order valence-electron chi connectivity index (χ4n) is 1.71. The molecular formula is C14H20ClFN2O2. The molecule has 1 atom stereocenters. The number of nitrogens with one attached hydrogen (secondary N) is 1. The molecule has 4 nitrogen and oxygen atoms in total. The van der Waals surface area contributed by atoms with Gasteiger partial charge in [0, 0.05) is 23.7 Å². The molecule has 1 N–H and O–H groups in total. The van der Waals surface area contributed by atoms with Crippen molar-refractivity contribution in [2.24, 2.45) is 0 Å². The lowest BCUT2D eigenvalue weighted by Crippen LogP contribution is -2.35. The second kappa shape index (κ2) is 8.19. The normalized spacial score (nSPS) is 12.5. The van der Waals surface area contributed by atoms with Crippen molar-refractivity contribution < 1.29 is 13.9 Å². The summed E-state index contributed by atoms with van der Waals surface area (Å²) in [5, 5.41) is 3.38. The highest BCUT2D eigenvalue weighted by molar-refractivity contribution is 6.30. The van der Waals surface area contributed by atoms with Gasteiger partial charge in [0.15, 0.2) is 0 Å². The molecular weight excluding hydrogens is 283 g/mol. The van der Waals surface area contributed by atoms with Gasteiger partial charge >= 0.3 is 5.97 Å². The Balaban J connectivity index is 2.91. The molecule has 20 heavy (non-hydrogen) atoms. The van der Waals surface area contributed by atoms with E-state index in [4.69, 9.17) is 16.3 Å². The predicted octanol–water partition coefficient (Wildman–Crippen LogP) is 2.23. The summed E-state index contributed by atoms with van der Waals surface area (Å²) in [7, 11) is 3.84. The maximum atomic E-state index is 13.9. The molecule has 0 saturated carbocycles. The highest BCUT2D eigenvalue weighted by Crippen LogP contribution is 2.22. The number of esters is 1. The van der Waals surface area contributed by atoms with Crippen LogP contribution in [0.3, 0.4) is 0 Å². The molecule has 0 bridgehead atoms. The monoisotopic (exact) mass is 302 g/mol. The molecule has 0 fully saturated rings. The summed E-state index contributed by atoms with van der Waals surface area (Å²) >= 11 is 5.87. The van der Waals surface area contributed by atoms with Crippen molar-refractivity contribution in [3.05, 3.63) is 34.6 Å². The molecule has 0 aliphatic carbocycles. The van der Waals surface area contributed by atoms with Crippen LogP contribution in [0, 0.1) is 5.82 Å². The van der Waals surface area contributed by atoms with Crippen molar-refractivity contribution in [2.45, 2.75) is 13.0 Å². The number of nitrogens with zero attached hydrogens (tertiary/aromatic N) is 1. The van der Waals surface area contributed by atoms with Gasteiger partial charge in [-0.3, -0.25) is 5.32 Å². The smallest absolute Gasteiger partial charge is 0.327 e. The standard InChI is InChI=1S/C14H20ClFN2O2/c1-4-20-14(19)13(17-7-8-18(2)3)11-9-10(15)5-6-12(11)16/h5-6,9,13,17H,4,7-8H2,1-3H3. The Labute approximate surface area is 123 Å². The molecule has 0 saturated heterocycles. The minimum atomic E-state index is -0.853. The van der Waals surface area contributed by atoms with E-state index in [1.54, 1.807) is 6.92 Å². The van der Waals surface area contributed by atoms with Crippen LogP contribution in [0.2, 0.25) is 5.02 Å². The Morgan fingerprint density at radius 1 is 1.50 bits per heavy atom. The zero-order valence-corrected chi connectivity index (χ0v) is 12.7. The molecule has 0 aromatic heterocycles. The maximum Gasteiger partial charge on any atom is 0.327 e. The zero-order chi connectivity index (χ0) is 15.1. The molecule has 0 aliphatic heterocycles. The number of rotatable bonds is 7. The summed E-state index contributed by atoms with van der Waals surface area (Å²) in [6, 6.07) is 3.29. The maximum absolute atomic E-state index is 13.9. The van der Waals surface area contributed by atoms with Crippen molar-refractivity contribution in [1.82, 2.24) is 10.2 Å². The number of carbonyl (C=O) groups is 1. The van der Waals surface area contributed by atoms with Crippen molar-refractivity contribution in [2.75, 3.05) is 33.8 Å². The minimum Gasteiger partial charge on any atom is -0.465 e. The van der Waals surface area contributed by atoms with Gasteiger partial charge in [0.1, 0.15) is 11.9 Å². The molecule has 0 aliphatic rings. The van der Waals surface area contributed by atoms with Crippen molar-refractivity contribution in [3.63, 3.8) is 0 Å². The molecule has 0 amide bonds. The number of carbonyl (C=O) groups excluding carboxylic acids is 1. The minimum absolute atomic E-state index is 0.203. The van der Waals surface area contributed by atoms with Gasteiger partial charge in [-0.05, 0) is 39.2 Å². The predicted molar refractivity (Wildman–Crippen MR) is 77.3 cm³/mol. The lowest BCUT2D eigenvalue weighted by Gasteiger charge is -2.19. The zero-order valence-electron chi connectivity index (χ0n) is 12.0. The van der Waals surface area contributed by atoms with Gasteiger partial charge < -0.3 is 9.64 Å². The summed E-state index contributed by atoms with van der Waals surface area (Å²) in [4.78, 5) is 13.9. The highest BCUT2D eigenvalue weighted by Gasteiger charge is 2.24. The second-order valence-electron chi connectivity index (χ2n) is 4.61. The van der Waals surface area contributed by atoms with Crippen LogP contribution in [0.1, 0.15) is 18.5 Å². The highest BCUT2D eigenvalue weighted by atomic mass is 35.5. The average molecular weight is 303 g/mol. The average Bonchev–Trinajstić information content (AvgIpc) is 2.38. The fourth-order valence-corrected chi connectivity index (χ4v) is 1.89. The van der Waals surface area contributed by atoms with Gasteiger partial charge in [-0.25, -0.2) is 9.18 Å². The van der Waals surface area contributed by atoms with Crippen LogP contribution in [0.4, 0.5) is 4.39 Å². The number of benzene rings is 1. The third kappa shape index (κ3) is 5.07. The molecule has 0 spiro atoms. The molecule has 0 heterocycles. The molecule has 1 aromatic carbocycles. The van der Waals surface area contributed by atoms with Gasteiger partial charge in [-0.15, -0.1) is 0 Å². The van der Waals surface area contributed by atoms with Crippen LogP contribution in [-0.2, 0) is 9.53 Å². The van der Waals surface area contributed by atoms with E-state index >= 15 is 0 Å². The summed E-state index contributed by atoms with van der Waals surface area (Å²) in [6.45, 7) is 3.20. The summed E-state index contributed by atoms with van der Waals surface area (Å²) in [5.41, 5.74) is 0.203. The quantitative estimate of drug-likeness (QED) is 0.784. The fraction of sp³-hybridized carbons (Fsp3) is 0.500. The third-order valence-electron chi connectivity index (χ3n) is 2.70. The Bertz CT molecular complexity index is 455. The molecule has 1 unspecified atom stereocenters. The van der Waals surface area contributed by atoms with Crippen molar-refractivity contribution in [3.8, 4) is 0 Å². The van der Waals surface area contributed by atoms with Crippen LogP contribution in [0.5, 0.6) is 0 Å². The van der Waals surface area contributed by atoms with E-state index in [1.165, 1.54) is 18.2 Å². The van der Waals surface area contributed by atoms with Gasteiger partial charge in [0.05, 0.1) is 6.61 Å². The topological polar surface area (TPSA) is 41.6 Å². The largest absolute Gasteiger partial charge is 0.465 e. The van der Waals surface area contributed by atoms with Gasteiger partial charge in [-0.2, -0.15) is 0 Å². The van der Waals surface area contributed by atoms with Crippen LogP contribution in [-0.4, -0.2) is 44.7 Å². The van der Waals surface area contributed by atoms with Gasteiger partial charge in [0.2, 0.25) is 0 Å². The summed E-state index contributed by atoms with van der Waals surface area (Å²) < 4.78 is 18.9. The molecule has 6 heteroatoms. The van der Waals surface area contributed by atoms with E-state index in [-0.39, 0.29) is 12.2 Å². The molecule has 1 rings (SSSR count). The van der Waals surface area contributed by atoms with Crippen LogP contribution >= 0.6 is 11.6 Å². The number of likely N-dealkylation sites (N-methyl/N-ethyl adjacent to an activating group) is 1. The van der Waals surface area contributed by atoms with Gasteiger partial charge in [0.25, 0.3) is 0 Å². The number of ether oxygens (including phenoxy) is 1.